The van der Waals surface area contributed by atoms with Crippen LogP contribution in [0.3, 0.4) is 0 Å². The monoisotopic (exact) mass is 256 g/mol. The van der Waals surface area contributed by atoms with Crippen LogP contribution in [0.25, 0.3) is 0 Å². The van der Waals surface area contributed by atoms with Crippen molar-refractivity contribution in [3.05, 3.63) is 0 Å². The van der Waals surface area contributed by atoms with E-state index < -0.39 is 7.82 Å². The fourth-order valence-corrected chi connectivity index (χ4v) is 1.14. The van der Waals surface area contributed by atoms with E-state index in [-0.39, 0.29) is 36.2 Å². The van der Waals surface area contributed by atoms with Crippen molar-refractivity contribution < 1.29 is 18.9 Å². The number of hydrogen-bond acceptors (Lipinski definition) is 2. The van der Waals surface area contributed by atoms with Crippen LogP contribution < -0.4 is 0 Å². The van der Waals surface area contributed by atoms with E-state index in [4.69, 9.17) is 9.79 Å². The summed E-state index contributed by atoms with van der Waals surface area (Å²) in [6.07, 6.45) is 1.52. The van der Waals surface area contributed by atoms with Crippen LogP contribution in [-0.4, -0.2) is 51.3 Å². The fraction of sp³-hybridized carbons (Fsp3) is 1.00. The van der Waals surface area contributed by atoms with Gasteiger partial charge in [0.1, 0.15) is 0 Å². The van der Waals surface area contributed by atoms with E-state index in [1.54, 1.807) is 0 Å². The van der Waals surface area contributed by atoms with Crippen LogP contribution in [0.1, 0.15) is 12.8 Å². The molecule has 0 radical (unpaired) electrons. The predicted octanol–water partition coefficient (Wildman–Crippen LogP) is 0.622. The first-order valence-corrected chi connectivity index (χ1v) is 5.47. The first kappa shape index (κ1) is 15.1. The summed E-state index contributed by atoms with van der Waals surface area (Å²) in [7, 11) is -4.22. The zero-order valence-corrected chi connectivity index (χ0v) is 7.84. The molecule has 0 bridgehead atoms. The van der Waals surface area contributed by atoms with Crippen LogP contribution in [-0.2, 0) is 9.09 Å². The molecule has 0 atom stereocenters. The summed E-state index contributed by atoms with van der Waals surface area (Å²) < 4.78 is 14.2. The SMILES string of the molecule is O=P(O)(O)OCCCCBr.[NaH]. The molecule has 0 fully saturated rings. The van der Waals surface area contributed by atoms with Crippen LogP contribution in [0.15, 0.2) is 0 Å². The second-order valence-electron chi connectivity index (χ2n) is 1.72. The standard InChI is InChI=1S/C4H10BrO4P.Na.H/c5-3-1-2-4-9-10(6,7)8;;/h1-4H2,(H2,6,7,8);;. The average molecular weight is 257 g/mol. The summed E-state index contributed by atoms with van der Waals surface area (Å²) in [6.45, 7) is 0.121. The van der Waals surface area contributed by atoms with Crippen molar-refractivity contribution in [3.63, 3.8) is 0 Å². The van der Waals surface area contributed by atoms with Gasteiger partial charge in [-0.05, 0) is 12.8 Å². The normalized spacial score (nSPS) is 10.8. The quantitative estimate of drug-likeness (QED) is 0.328. The van der Waals surface area contributed by atoms with Gasteiger partial charge < -0.3 is 9.79 Å². The number of unbranched alkanes of at least 4 members (excludes halogenated alkanes) is 1. The molecule has 0 aromatic rings. The maximum absolute atomic E-state index is 10.1. The van der Waals surface area contributed by atoms with Gasteiger partial charge in [-0.15, -0.1) is 0 Å². The Morgan fingerprint density at radius 2 is 1.91 bits per heavy atom. The van der Waals surface area contributed by atoms with E-state index in [1.807, 2.05) is 0 Å². The molecule has 0 aliphatic heterocycles. The number of alkyl halides is 1. The topological polar surface area (TPSA) is 66.8 Å². The van der Waals surface area contributed by atoms with E-state index >= 15 is 0 Å². The molecule has 0 saturated carbocycles. The van der Waals surface area contributed by atoms with Gasteiger partial charge in [0.2, 0.25) is 0 Å². The third-order valence-corrected chi connectivity index (χ3v) is 1.87. The van der Waals surface area contributed by atoms with Crippen molar-refractivity contribution in [1.82, 2.24) is 0 Å². The average Bonchev–Trinajstić information content (AvgIpc) is 1.78. The molecule has 0 rings (SSSR count). The van der Waals surface area contributed by atoms with Crippen molar-refractivity contribution in [3.8, 4) is 0 Å². The van der Waals surface area contributed by atoms with Crippen LogP contribution >= 0.6 is 23.8 Å². The molecule has 64 valence electrons. The molecule has 0 amide bonds. The Labute approximate surface area is 96.4 Å². The Hall–Kier alpha value is 1.59. The van der Waals surface area contributed by atoms with Crippen molar-refractivity contribution in [2.24, 2.45) is 0 Å². The van der Waals surface area contributed by atoms with Gasteiger partial charge in [-0.1, -0.05) is 15.9 Å². The molecule has 11 heavy (non-hydrogen) atoms. The molecule has 4 nitrogen and oxygen atoms in total. The van der Waals surface area contributed by atoms with E-state index in [1.165, 1.54) is 0 Å². The van der Waals surface area contributed by atoms with E-state index in [0.29, 0.717) is 6.42 Å². The van der Waals surface area contributed by atoms with Crippen LogP contribution in [0.5, 0.6) is 0 Å². The van der Waals surface area contributed by atoms with Gasteiger partial charge in [-0.2, -0.15) is 0 Å². The van der Waals surface area contributed by atoms with Gasteiger partial charge in [0, 0.05) is 5.33 Å². The van der Waals surface area contributed by atoms with Gasteiger partial charge in [0.15, 0.2) is 0 Å². The predicted molar refractivity (Wildman–Crippen MR) is 48.2 cm³/mol. The van der Waals surface area contributed by atoms with Crippen LogP contribution in [0, 0.1) is 0 Å². The first-order chi connectivity index (χ1) is 4.56. The Morgan fingerprint density at radius 1 is 1.36 bits per heavy atom. The van der Waals surface area contributed by atoms with Crippen molar-refractivity contribution in [2.45, 2.75) is 12.8 Å². The Balaban J connectivity index is 0. The summed E-state index contributed by atoms with van der Waals surface area (Å²) in [5, 5.41) is 0.831. The number of phosphoric ester groups is 1. The third-order valence-electron chi connectivity index (χ3n) is 0.787. The van der Waals surface area contributed by atoms with Gasteiger partial charge >= 0.3 is 37.4 Å². The second-order valence-corrected chi connectivity index (χ2v) is 3.75. The number of rotatable bonds is 5. The third kappa shape index (κ3) is 14.4. The molecule has 0 aromatic carbocycles. The number of phosphoric acid groups is 1. The Kier molecular flexibility index (Phi) is 11.2. The van der Waals surface area contributed by atoms with Gasteiger partial charge in [0.25, 0.3) is 0 Å². The number of hydrogen-bond donors (Lipinski definition) is 2. The minimum absolute atomic E-state index is 0. The van der Waals surface area contributed by atoms with Gasteiger partial charge in [-0.25, -0.2) is 4.57 Å². The summed E-state index contributed by atoms with van der Waals surface area (Å²) >= 11 is 3.18. The molecule has 0 heterocycles. The number of halogens is 1. The van der Waals surface area contributed by atoms with Gasteiger partial charge in [0.05, 0.1) is 6.61 Å². The first-order valence-electron chi connectivity index (χ1n) is 2.82. The van der Waals surface area contributed by atoms with E-state index in [9.17, 15) is 4.57 Å². The molecule has 7 heteroatoms. The van der Waals surface area contributed by atoms with Gasteiger partial charge in [-0.3, -0.25) is 4.52 Å². The van der Waals surface area contributed by atoms with Crippen LogP contribution in [0.4, 0.5) is 0 Å². The summed E-state index contributed by atoms with van der Waals surface area (Å²) in [5.74, 6) is 0. The molecule has 0 unspecified atom stereocenters. The Bertz CT molecular complexity index is 127. The molecule has 0 saturated heterocycles. The molecule has 0 aliphatic carbocycles. The molecular formula is C4H11BrNaO4P. The molecule has 0 spiro atoms. The maximum atomic E-state index is 10.1. The zero-order chi connectivity index (χ0) is 8.04. The van der Waals surface area contributed by atoms with E-state index in [2.05, 4.69) is 20.5 Å². The van der Waals surface area contributed by atoms with E-state index in [0.717, 1.165) is 11.8 Å². The molecule has 2 N–H and O–H groups in total. The fourth-order valence-electron chi connectivity index (χ4n) is 0.380. The molecular weight excluding hydrogens is 246 g/mol. The zero-order valence-electron chi connectivity index (χ0n) is 5.36. The van der Waals surface area contributed by atoms with Crippen molar-refractivity contribution in [2.75, 3.05) is 11.9 Å². The van der Waals surface area contributed by atoms with Crippen molar-refractivity contribution >= 4 is 53.3 Å². The summed E-state index contributed by atoms with van der Waals surface area (Å²) in [4.78, 5) is 16.4. The second kappa shape index (κ2) is 8.20. The minimum atomic E-state index is -4.22. The van der Waals surface area contributed by atoms with Crippen LogP contribution in [0.2, 0.25) is 0 Å². The molecule has 0 aliphatic rings. The van der Waals surface area contributed by atoms with Crippen molar-refractivity contribution in [1.29, 1.82) is 0 Å². The summed E-state index contributed by atoms with van der Waals surface area (Å²) in [6, 6.07) is 0. The molecule has 0 aromatic heterocycles. The Morgan fingerprint density at radius 3 is 2.27 bits per heavy atom. The summed E-state index contributed by atoms with van der Waals surface area (Å²) in [5.41, 5.74) is 0.